The maximum Gasteiger partial charge on any atom is 0.182 e. The Bertz CT molecular complexity index is 178. The SMILES string of the molecule is Oc1c(Br)n[nH]c1Br. The number of aromatic nitrogens is 2. The lowest BCUT2D eigenvalue weighted by Gasteiger charge is -1.79. The topological polar surface area (TPSA) is 48.9 Å². The largest absolute Gasteiger partial charge is 0.503 e. The molecule has 44 valence electrons. The van der Waals surface area contributed by atoms with Crippen LogP contribution in [0.3, 0.4) is 0 Å². The summed E-state index contributed by atoms with van der Waals surface area (Å²) in [5, 5.41) is 15.0. The molecule has 0 unspecified atom stereocenters. The monoisotopic (exact) mass is 240 g/mol. The van der Waals surface area contributed by atoms with Crippen molar-refractivity contribution in [3.05, 3.63) is 9.21 Å². The van der Waals surface area contributed by atoms with Crippen LogP contribution in [0.15, 0.2) is 9.21 Å². The molecule has 0 aromatic carbocycles. The third kappa shape index (κ3) is 0.877. The molecule has 0 saturated carbocycles. The van der Waals surface area contributed by atoms with Crippen LogP contribution < -0.4 is 0 Å². The van der Waals surface area contributed by atoms with Crippen LogP contribution in [-0.4, -0.2) is 15.3 Å². The minimum absolute atomic E-state index is 0.102. The molecular weight excluding hydrogens is 240 g/mol. The normalized spacial score (nSPS) is 9.75. The summed E-state index contributed by atoms with van der Waals surface area (Å²) in [6, 6.07) is 0. The van der Waals surface area contributed by atoms with E-state index in [1.165, 1.54) is 0 Å². The summed E-state index contributed by atoms with van der Waals surface area (Å²) < 4.78 is 0.911. The van der Waals surface area contributed by atoms with Gasteiger partial charge in [0.25, 0.3) is 0 Å². The van der Waals surface area contributed by atoms with Gasteiger partial charge >= 0.3 is 0 Å². The summed E-state index contributed by atoms with van der Waals surface area (Å²) in [5.41, 5.74) is 0. The van der Waals surface area contributed by atoms with Gasteiger partial charge in [0.2, 0.25) is 0 Å². The highest BCUT2D eigenvalue weighted by Crippen LogP contribution is 2.28. The van der Waals surface area contributed by atoms with Crippen molar-refractivity contribution in [2.75, 3.05) is 0 Å². The van der Waals surface area contributed by atoms with Crippen LogP contribution in [0.2, 0.25) is 0 Å². The third-order valence-corrected chi connectivity index (χ3v) is 1.76. The molecule has 1 aromatic rings. The third-order valence-electron chi connectivity index (χ3n) is 0.656. The summed E-state index contributed by atoms with van der Waals surface area (Å²) in [7, 11) is 0. The highest BCUT2D eigenvalue weighted by Gasteiger charge is 2.03. The van der Waals surface area contributed by atoms with Gasteiger partial charge in [-0.05, 0) is 31.9 Å². The van der Waals surface area contributed by atoms with Gasteiger partial charge in [-0.1, -0.05) is 0 Å². The van der Waals surface area contributed by atoms with E-state index in [-0.39, 0.29) is 5.75 Å². The van der Waals surface area contributed by atoms with Gasteiger partial charge < -0.3 is 5.11 Å². The Morgan fingerprint density at radius 3 is 2.25 bits per heavy atom. The van der Waals surface area contributed by atoms with E-state index in [0.717, 1.165) is 0 Å². The van der Waals surface area contributed by atoms with E-state index < -0.39 is 0 Å². The Balaban J connectivity index is 3.19. The first kappa shape index (κ1) is 6.10. The first-order valence-corrected chi connectivity index (χ1v) is 3.38. The van der Waals surface area contributed by atoms with E-state index in [9.17, 15) is 0 Å². The molecule has 0 spiro atoms. The predicted octanol–water partition coefficient (Wildman–Crippen LogP) is 1.64. The van der Waals surface area contributed by atoms with Crippen molar-refractivity contribution in [1.82, 2.24) is 10.2 Å². The number of rotatable bonds is 0. The van der Waals surface area contributed by atoms with Crippen LogP contribution >= 0.6 is 31.9 Å². The molecule has 3 nitrogen and oxygen atoms in total. The molecule has 0 aliphatic rings. The molecule has 0 radical (unpaired) electrons. The second kappa shape index (κ2) is 2.06. The number of hydrogen-bond donors (Lipinski definition) is 2. The number of nitrogens with one attached hydrogen (secondary N) is 1. The summed E-state index contributed by atoms with van der Waals surface area (Å²) in [6.07, 6.45) is 0. The van der Waals surface area contributed by atoms with Crippen molar-refractivity contribution in [2.45, 2.75) is 0 Å². The van der Waals surface area contributed by atoms with Crippen LogP contribution in [0.25, 0.3) is 0 Å². The number of aromatic amines is 1. The first-order chi connectivity index (χ1) is 3.72. The predicted molar refractivity (Wildman–Crippen MR) is 35.7 cm³/mol. The van der Waals surface area contributed by atoms with E-state index in [0.29, 0.717) is 9.21 Å². The van der Waals surface area contributed by atoms with E-state index >= 15 is 0 Å². The Morgan fingerprint density at radius 2 is 2.12 bits per heavy atom. The molecule has 2 N–H and O–H groups in total. The molecule has 0 amide bonds. The van der Waals surface area contributed by atoms with Crippen LogP contribution in [0.4, 0.5) is 0 Å². The molecule has 5 heteroatoms. The molecule has 0 aliphatic carbocycles. The molecule has 1 aromatic heterocycles. The molecule has 0 atom stereocenters. The molecule has 8 heavy (non-hydrogen) atoms. The molecule has 1 rings (SSSR count). The van der Waals surface area contributed by atoms with Crippen molar-refractivity contribution >= 4 is 31.9 Å². The van der Waals surface area contributed by atoms with Crippen molar-refractivity contribution < 1.29 is 5.11 Å². The zero-order valence-electron chi connectivity index (χ0n) is 3.65. The van der Waals surface area contributed by atoms with Crippen LogP contribution in [-0.2, 0) is 0 Å². The number of nitrogens with zero attached hydrogens (tertiary/aromatic N) is 1. The molecule has 0 fully saturated rings. The van der Waals surface area contributed by atoms with Gasteiger partial charge in [0, 0.05) is 0 Å². The van der Waals surface area contributed by atoms with Gasteiger partial charge in [0.1, 0.15) is 4.60 Å². The number of halogens is 2. The smallest absolute Gasteiger partial charge is 0.182 e. The van der Waals surface area contributed by atoms with Crippen molar-refractivity contribution in [1.29, 1.82) is 0 Å². The molecule has 1 heterocycles. The first-order valence-electron chi connectivity index (χ1n) is 1.80. The summed E-state index contributed by atoms with van der Waals surface area (Å²) in [5.74, 6) is 0.102. The van der Waals surface area contributed by atoms with Crippen LogP contribution in [0, 0.1) is 0 Å². The lowest BCUT2D eigenvalue weighted by molar-refractivity contribution is 0.469. The standard InChI is InChI=1S/C3H2Br2N2O/c4-2-1(8)3(5)7-6-2/h8H,(H,6,7). The molecule has 0 aliphatic heterocycles. The lowest BCUT2D eigenvalue weighted by atomic mass is 10.7. The van der Waals surface area contributed by atoms with Crippen molar-refractivity contribution in [2.24, 2.45) is 0 Å². The van der Waals surface area contributed by atoms with Gasteiger partial charge in [-0.25, -0.2) is 0 Å². The Hall–Kier alpha value is -0.0300. The van der Waals surface area contributed by atoms with E-state index in [1.807, 2.05) is 0 Å². The highest BCUT2D eigenvalue weighted by atomic mass is 79.9. The second-order valence-electron chi connectivity index (χ2n) is 1.18. The molecular formula is C3H2Br2N2O. The molecule has 0 bridgehead atoms. The van der Waals surface area contributed by atoms with Gasteiger partial charge in [-0.3, -0.25) is 5.10 Å². The maximum atomic E-state index is 8.86. The summed E-state index contributed by atoms with van der Waals surface area (Å²) in [6.45, 7) is 0. The number of aromatic hydroxyl groups is 1. The van der Waals surface area contributed by atoms with Crippen molar-refractivity contribution in [3.63, 3.8) is 0 Å². The lowest BCUT2D eigenvalue weighted by Crippen LogP contribution is -1.61. The van der Waals surface area contributed by atoms with Crippen LogP contribution in [0.5, 0.6) is 5.75 Å². The highest BCUT2D eigenvalue weighted by molar-refractivity contribution is 9.11. The quantitative estimate of drug-likeness (QED) is 0.726. The minimum atomic E-state index is 0.102. The summed E-state index contributed by atoms with van der Waals surface area (Å²) >= 11 is 6.01. The zero-order chi connectivity index (χ0) is 6.15. The maximum absolute atomic E-state index is 8.86. The zero-order valence-corrected chi connectivity index (χ0v) is 6.82. The number of hydrogen-bond acceptors (Lipinski definition) is 2. The number of H-pyrrole nitrogens is 1. The Morgan fingerprint density at radius 1 is 1.50 bits per heavy atom. The van der Waals surface area contributed by atoms with Crippen LogP contribution in [0.1, 0.15) is 0 Å². The van der Waals surface area contributed by atoms with Gasteiger partial charge in [0.05, 0.1) is 0 Å². The Labute approximate surface area is 62.4 Å². The van der Waals surface area contributed by atoms with E-state index in [1.54, 1.807) is 0 Å². The second-order valence-corrected chi connectivity index (χ2v) is 2.72. The fourth-order valence-corrected chi connectivity index (χ4v) is 1.12. The molecule has 0 saturated heterocycles. The van der Waals surface area contributed by atoms with Crippen molar-refractivity contribution in [3.8, 4) is 5.75 Å². The van der Waals surface area contributed by atoms with E-state index in [4.69, 9.17) is 5.11 Å². The average Bonchev–Trinajstić information content (AvgIpc) is 1.98. The van der Waals surface area contributed by atoms with Gasteiger partial charge in [-0.15, -0.1) is 0 Å². The minimum Gasteiger partial charge on any atom is -0.503 e. The fraction of sp³-hybridized carbons (Fsp3) is 0. The summed E-state index contributed by atoms with van der Waals surface area (Å²) in [4.78, 5) is 0. The fourth-order valence-electron chi connectivity index (χ4n) is 0.295. The Kier molecular flexibility index (Phi) is 1.57. The average molecular weight is 242 g/mol. The van der Waals surface area contributed by atoms with Gasteiger partial charge in [-0.2, -0.15) is 5.10 Å². The van der Waals surface area contributed by atoms with E-state index in [2.05, 4.69) is 42.1 Å². The van der Waals surface area contributed by atoms with Gasteiger partial charge in [0.15, 0.2) is 10.4 Å².